The molecule has 5 nitrogen and oxygen atoms in total. The average molecular weight is 292 g/mol. The number of hydrogen-bond acceptors (Lipinski definition) is 4. The number of nitrogens with two attached hydrogens (primary N) is 1. The fourth-order valence-corrected chi connectivity index (χ4v) is 1.99. The molecule has 0 saturated heterocycles. The van der Waals surface area contributed by atoms with E-state index in [0.29, 0.717) is 18.0 Å². The number of aromatic nitrogens is 3. The summed E-state index contributed by atoms with van der Waals surface area (Å²) in [5.41, 5.74) is 6.75. The Kier molecular flexibility index (Phi) is 4.90. The van der Waals surface area contributed by atoms with E-state index in [1.807, 2.05) is 31.5 Å². The first-order chi connectivity index (χ1) is 9.99. The van der Waals surface area contributed by atoms with E-state index in [2.05, 4.69) is 10.2 Å². The first-order valence-electron chi connectivity index (χ1n) is 7.02. The molecule has 2 aromatic rings. The highest BCUT2D eigenvalue weighted by Crippen LogP contribution is 2.19. The van der Waals surface area contributed by atoms with Crippen LogP contribution < -0.4 is 10.5 Å². The minimum absolute atomic E-state index is 0.0287. The largest absolute Gasteiger partial charge is 0.485 e. The predicted octanol–water partition coefficient (Wildman–Crippen LogP) is 2.12. The Labute approximate surface area is 123 Å². The average Bonchev–Trinajstić information content (AvgIpc) is 2.76. The highest BCUT2D eigenvalue weighted by atomic mass is 19.1. The van der Waals surface area contributed by atoms with Gasteiger partial charge in [-0.05, 0) is 37.5 Å². The molecule has 0 radical (unpaired) electrons. The van der Waals surface area contributed by atoms with Crippen LogP contribution in [0.25, 0.3) is 0 Å². The van der Waals surface area contributed by atoms with E-state index in [1.54, 1.807) is 0 Å². The highest BCUT2D eigenvalue weighted by Gasteiger charge is 2.09. The van der Waals surface area contributed by atoms with Gasteiger partial charge in [-0.25, -0.2) is 4.39 Å². The Bertz CT molecular complexity index is 612. The summed E-state index contributed by atoms with van der Waals surface area (Å²) < 4.78 is 21.1. The zero-order valence-corrected chi connectivity index (χ0v) is 12.6. The van der Waals surface area contributed by atoms with E-state index < -0.39 is 0 Å². The van der Waals surface area contributed by atoms with E-state index in [-0.39, 0.29) is 18.5 Å². The molecule has 0 aliphatic heterocycles. The van der Waals surface area contributed by atoms with Crippen LogP contribution in [0.4, 0.5) is 4.39 Å². The van der Waals surface area contributed by atoms with Gasteiger partial charge in [0.25, 0.3) is 0 Å². The molecule has 0 spiro atoms. The summed E-state index contributed by atoms with van der Waals surface area (Å²) in [6.45, 7) is 4.13. The SMILES string of the molecule is CCC(N)Cc1cc(F)cc(OCc2nnc(C)n2C)c1. The Morgan fingerprint density at radius 2 is 2.10 bits per heavy atom. The lowest BCUT2D eigenvalue weighted by atomic mass is 10.0. The van der Waals surface area contributed by atoms with Gasteiger partial charge in [0.1, 0.15) is 24.0 Å². The monoisotopic (exact) mass is 292 g/mol. The van der Waals surface area contributed by atoms with Crippen LogP contribution in [0.1, 0.15) is 30.6 Å². The number of rotatable bonds is 6. The Hall–Kier alpha value is -1.95. The van der Waals surface area contributed by atoms with Crippen molar-refractivity contribution in [2.24, 2.45) is 12.8 Å². The molecule has 0 fully saturated rings. The van der Waals surface area contributed by atoms with E-state index in [4.69, 9.17) is 10.5 Å². The van der Waals surface area contributed by atoms with Crippen LogP contribution in [0.15, 0.2) is 18.2 Å². The second-order valence-corrected chi connectivity index (χ2v) is 5.18. The molecule has 2 N–H and O–H groups in total. The maximum Gasteiger partial charge on any atom is 0.170 e. The molecule has 1 aromatic carbocycles. The number of nitrogens with zero attached hydrogens (tertiary/aromatic N) is 3. The third kappa shape index (κ3) is 4.01. The Morgan fingerprint density at radius 1 is 1.33 bits per heavy atom. The van der Waals surface area contributed by atoms with Crippen LogP contribution in [-0.2, 0) is 20.1 Å². The maximum atomic E-state index is 13.6. The van der Waals surface area contributed by atoms with Crippen LogP contribution >= 0.6 is 0 Å². The van der Waals surface area contributed by atoms with Crippen LogP contribution in [0.3, 0.4) is 0 Å². The zero-order chi connectivity index (χ0) is 15.4. The van der Waals surface area contributed by atoms with Gasteiger partial charge < -0.3 is 15.0 Å². The molecular weight excluding hydrogens is 271 g/mol. The number of hydrogen-bond donors (Lipinski definition) is 1. The van der Waals surface area contributed by atoms with Crippen molar-refractivity contribution >= 4 is 0 Å². The molecule has 21 heavy (non-hydrogen) atoms. The summed E-state index contributed by atoms with van der Waals surface area (Å²) in [6, 6.07) is 4.71. The van der Waals surface area contributed by atoms with Crippen molar-refractivity contribution < 1.29 is 9.13 Å². The molecule has 0 aliphatic rings. The maximum absolute atomic E-state index is 13.6. The fourth-order valence-electron chi connectivity index (χ4n) is 1.99. The second-order valence-electron chi connectivity index (χ2n) is 5.18. The van der Waals surface area contributed by atoms with Crippen molar-refractivity contribution in [1.82, 2.24) is 14.8 Å². The van der Waals surface area contributed by atoms with Gasteiger partial charge in [0.05, 0.1) is 0 Å². The molecule has 0 aliphatic carbocycles. The Morgan fingerprint density at radius 3 is 2.71 bits per heavy atom. The van der Waals surface area contributed by atoms with Gasteiger partial charge >= 0.3 is 0 Å². The summed E-state index contributed by atoms with van der Waals surface area (Å²) in [6.07, 6.45) is 1.48. The molecule has 1 unspecified atom stereocenters. The van der Waals surface area contributed by atoms with Gasteiger partial charge in [0.15, 0.2) is 5.82 Å². The quantitative estimate of drug-likeness (QED) is 0.885. The first kappa shape index (κ1) is 15.4. The third-order valence-electron chi connectivity index (χ3n) is 3.50. The lowest BCUT2D eigenvalue weighted by Gasteiger charge is -2.11. The van der Waals surface area contributed by atoms with Gasteiger partial charge in [0, 0.05) is 19.2 Å². The molecule has 1 aromatic heterocycles. The molecule has 2 rings (SSSR count). The zero-order valence-electron chi connectivity index (χ0n) is 12.6. The lowest BCUT2D eigenvalue weighted by molar-refractivity contribution is 0.289. The van der Waals surface area contributed by atoms with Crippen molar-refractivity contribution in [1.29, 1.82) is 0 Å². The van der Waals surface area contributed by atoms with Crippen LogP contribution in [0, 0.1) is 12.7 Å². The molecule has 1 heterocycles. The summed E-state index contributed by atoms with van der Waals surface area (Å²) >= 11 is 0. The second kappa shape index (κ2) is 6.67. The van der Waals surface area contributed by atoms with Crippen molar-refractivity contribution in [3.63, 3.8) is 0 Å². The number of benzene rings is 1. The molecular formula is C15H21FN4O. The van der Waals surface area contributed by atoms with Gasteiger partial charge in [-0.3, -0.25) is 0 Å². The van der Waals surface area contributed by atoms with Crippen LogP contribution in [-0.4, -0.2) is 20.8 Å². The lowest BCUT2D eigenvalue weighted by Crippen LogP contribution is -2.21. The van der Waals surface area contributed by atoms with Gasteiger partial charge in [-0.2, -0.15) is 0 Å². The molecule has 114 valence electrons. The first-order valence-corrected chi connectivity index (χ1v) is 7.02. The smallest absolute Gasteiger partial charge is 0.170 e. The van der Waals surface area contributed by atoms with Gasteiger partial charge in [-0.15, -0.1) is 10.2 Å². The minimum atomic E-state index is -0.319. The molecule has 0 amide bonds. The van der Waals surface area contributed by atoms with Crippen molar-refractivity contribution in [3.05, 3.63) is 41.2 Å². The van der Waals surface area contributed by atoms with E-state index in [1.165, 1.54) is 12.1 Å². The third-order valence-corrected chi connectivity index (χ3v) is 3.50. The molecule has 1 atom stereocenters. The number of halogens is 1. The number of aryl methyl sites for hydroxylation is 1. The molecule has 6 heteroatoms. The summed E-state index contributed by atoms with van der Waals surface area (Å²) in [7, 11) is 1.87. The summed E-state index contributed by atoms with van der Waals surface area (Å²) in [4.78, 5) is 0. The van der Waals surface area contributed by atoms with Crippen molar-refractivity contribution in [2.75, 3.05) is 0 Å². The van der Waals surface area contributed by atoms with Crippen LogP contribution in [0.2, 0.25) is 0 Å². The normalized spacial score (nSPS) is 12.4. The van der Waals surface area contributed by atoms with Gasteiger partial charge in [-0.1, -0.05) is 6.92 Å². The van der Waals surface area contributed by atoms with E-state index in [9.17, 15) is 4.39 Å². The summed E-state index contributed by atoms with van der Waals surface area (Å²) in [5.74, 6) is 1.67. The van der Waals surface area contributed by atoms with Gasteiger partial charge in [0.2, 0.25) is 0 Å². The highest BCUT2D eigenvalue weighted by molar-refractivity contribution is 5.30. The predicted molar refractivity (Wildman–Crippen MR) is 78.4 cm³/mol. The molecule has 0 saturated carbocycles. The van der Waals surface area contributed by atoms with E-state index in [0.717, 1.165) is 17.8 Å². The van der Waals surface area contributed by atoms with Crippen molar-refractivity contribution in [2.45, 2.75) is 39.3 Å². The standard InChI is InChI=1S/C15H21FN4O/c1-4-13(17)6-11-5-12(16)8-14(7-11)21-9-15-19-18-10(2)20(15)3/h5,7-8,13H,4,6,9,17H2,1-3H3. The summed E-state index contributed by atoms with van der Waals surface area (Å²) in [5, 5.41) is 7.97. The van der Waals surface area contributed by atoms with Crippen molar-refractivity contribution in [3.8, 4) is 5.75 Å². The topological polar surface area (TPSA) is 66.0 Å². The van der Waals surface area contributed by atoms with E-state index >= 15 is 0 Å². The van der Waals surface area contributed by atoms with Crippen LogP contribution in [0.5, 0.6) is 5.75 Å². The molecule has 0 bridgehead atoms. The fraction of sp³-hybridized carbons (Fsp3) is 0.467. The minimum Gasteiger partial charge on any atom is -0.485 e. The Balaban J connectivity index is 2.07. The number of ether oxygens (including phenoxy) is 1.